The van der Waals surface area contributed by atoms with Crippen LogP contribution in [0.2, 0.25) is 4.34 Å². The van der Waals surface area contributed by atoms with Crippen molar-refractivity contribution in [2.75, 3.05) is 26.3 Å². The van der Waals surface area contributed by atoms with Crippen LogP contribution in [0.5, 0.6) is 0 Å². The van der Waals surface area contributed by atoms with Crippen LogP contribution in [0.3, 0.4) is 0 Å². The van der Waals surface area contributed by atoms with Gasteiger partial charge in [0.05, 0.1) is 22.4 Å². The van der Waals surface area contributed by atoms with Crippen molar-refractivity contribution in [3.63, 3.8) is 0 Å². The minimum atomic E-state index is -0.0864. The van der Waals surface area contributed by atoms with Crippen molar-refractivity contribution in [1.29, 1.82) is 0 Å². The third-order valence-corrected chi connectivity index (χ3v) is 6.61. The molecule has 1 amide bonds. The first-order chi connectivity index (χ1) is 11.7. The maximum atomic E-state index is 12.7. The third-order valence-electron chi connectivity index (χ3n) is 4.37. The summed E-state index contributed by atoms with van der Waals surface area (Å²) in [5.74, 6) is 0.391. The second-order valence-electron chi connectivity index (χ2n) is 5.88. The molecule has 2 aliphatic rings. The van der Waals surface area contributed by atoms with Gasteiger partial charge in [-0.15, -0.1) is 22.7 Å². The Hall–Kier alpha value is -0.990. The lowest BCUT2D eigenvalue weighted by Crippen LogP contribution is -2.41. The van der Waals surface area contributed by atoms with Crippen molar-refractivity contribution >= 4 is 40.2 Å². The Balaban J connectivity index is 1.39. The van der Waals surface area contributed by atoms with Gasteiger partial charge in [0.1, 0.15) is 10.7 Å². The number of nitrogens with zero attached hydrogens (tertiary/aromatic N) is 2. The van der Waals surface area contributed by atoms with E-state index < -0.39 is 0 Å². The molecule has 0 atom stereocenters. The fraction of sp³-hybridized carbons (Fsp3) is 0.500. The predicted octanol–water partition coefficient (Wildman–Crippen LogP) is 3.75. The molecule has 2 aliphatic heterocycles. The summed E-state index contributed by atoms with van der Waals surface area (Å²) in [6.45, 7) is 2.81. The van der Waals surface area contributed by atoms with Crippen molar-refractivity contribution < 1.29 is 14.3 Å². The number of carbonyl (C=O) groups is 1. The van der Waals surface area contributed by atoms with Crippen molar-refractivity contribution in [2.24, 2.45) is 5.92 Å². The number of hydrogen-bond donors (Lipinski definition) is 0. The summed E-state index contributed by atoms with van der Waals surface area (Å²) in [6.07, 6.45) is 1.73. The van der Waals surface area contributed by atoms with E-state index in [0.29, 0.717) is 24.8 Å². The molecule has 4 heterocycles. The van der Waals surface area contributed by atoms with Gasteiger partial charge in [0.25, 0.3) is 5.91 Å². The smallest absolute Gasteiger partial charge is 0.273 e. The van der Waals surface area contributed by atoms with Crippen LogP contribution < -0.4 is 0 Å². The minimum Gasteiger partial charge on any atom is -0.350 e. The Morgan fingerprint density at radius 2 is 2.00 bits per heavy atom. The van der Waals surface area contributed by atoms with E-state index in [0.717, 1.165) is 40.2 Å². The minimum absolute atomic E-state index is 0.00635. The number of halogens is 1. The highest BCUT2D eigenvalue weighted by molar-refractivity contribution is 7.23. The number of carbonyl (C=O) groups excluding carboxylic acids is 1. The number of aromatic nitrogens is 1. The number of hydrogen-bond acceptors (Lipinski definition) is 6. The quantitative estimate of drug-likeness (QED) is 0.808. The standard InChI is InChI=1S/C16H17ClN2O3S2/c17-13-2-1-12(24-13)14-18-11(9-23-14)15(20)19-5-3-10(4-6-19)16-21-7-8-22-16/h1-2,9-10,16H,3-8H2. The molecule has 0 aromatic carbocycles. The highest BCUT2D eigenvalue weighted by atomic mass is 35.5. The van der Waals surface area contributed by atoms with Gasteiger partial charge in [0.2, 0.25) is 0 Å². The lowest BCUT2D eigenvalue weighted by molar-refractivity contribution is -0.0956. The van der Waals surface area contributed by atoms with Gasteiger partial charge in [-0.2, -0.15) is 0 Å². The van der Waals surface area contributed by atoms with Crippen LogP contribution in [0.25, 0.3) is 9.88 Å². The van der Waals surface area contributed by atoms with Gasteiger partial charge in [-0.25, -0.2) is 4.98 Å². The van der Waals surface area contributed by atoms with E-state index in [2.05, 4.69) is 4.98 Å². The summed E-state index contributed by atoms with van der Waals surface area (Å²) < 4.78 is 11.9. The summed E-state index contributed by atoms with van der Waals surface area (Å²) in [5, 5.41) is 2.68. The normalized spacial score (nSPS) is 20.0. The van der Waals surface area contributed by atoms with Crippen molar-refractivity contribution in [2.45, 2.75) is 19.1 Å². The van der Waals surface area contributed by atoms with Crippen LogP contribution >= 0.6 is 34.3 Å². The molecule has 0 N–H and O–H groups in total. The fourth-order valence-corrected chi connectivity index (χ4v) is 5.01. The van der Waals surface area contributed by atoms with Crippen LogP contribution in [0, 0.1) is 5.92 Å². The molecule has 2 saturated heterocycles. The van der Waals surface area contributed by atoms with Crippen LogP contribution in [-0.4, -0.2) is 48.4 Å². The maximum Gasteiger partial charge on any atom is 0.273 e. The number of ether oxygens (including phenoxy) is 2. The van der Waals surface area contributed by atoms with Crippen molar-refractivity contribution in [1.82, 2.24) is 9.88 Å². The first-order valence-corrected chi connectivity index (χ1v) is 10.0. The molecule has 2 aromatic heterocycles. The average Bonchev–Trinajstić information content (AvgIpc) is 3.35. The van der Waals surface area contributed by atoms with E-state index in [4.69, 9.17) is 21.1 Å². The molecule has 0 spiro atoms. The van der Waals surface area contributed by atoms with Gasteiger partial charge in [0.15, 0.2) is 6.29 Å². The van der Waals surface area contributed by atoms with Crippen LogP contribution in [0.4, 0.5) is 0 Å². The SMILES string of the molecule is O=C(c1csc(-c2ccc(Cl)s2)n1)N1CCC(C2OCCO2)CC1. The van der Waals surface area contributed by atoms with Crippen LogP contribution in [-0.2, 0) is 9.47 Å². The topological polar surface area (TPSA) is 51.7 Å². The number of rotatable bonds is 3. The molecule has 2 aromatic rings. The number of thiophene rings is 1. The molecule has 8 heteroatoms. The van der Waals surface area contributed by atoms with Gasteiger partial charge in [-0.3, -0.25) is 4.79 Å². The van der Waals surface area contributed by atoms with E-state index in [1.165, 1.54) is 22.7 Å². The second kappa shape index (κ2) is 7.09. The summed E-state index contributed by atoms with van der Waals surface area (Å²) in [7, 11) is 0. The molecule has 5 nitrogen and oxygen atoms in total. The lowest BCUT2D eigenvalue weighted by atomic mass is 9.96. The highest BCUT2D eigenvalue weighted by Crippen LogP contribution is 2.33. The zero-order valence-corrected chi connectivity index (χ0v) is 15.3. The summed E-state index contributed by atoms with van der Waals surface area (Å²) in [5.41, 5.74) is 0.520. The van der Waals surface area contributed by atoms with Crippen LogP contribution in [0.15, 0.2) is 17.5 Å². The molecular formula is C16H17ClN2O3S2. The fourth-order valence-electron chi connectivity index (χ4n) is 3.10. The predicted molar refractivity (Wildman–Crippen MR) is 94.8 cm³/mol. The van der Waals surface area contributed by atoms with Gasteiger partial charge >= 0.3 is 0 Å². The van der Waals surface area contributed by atoms with Gasteiger partial charge in [-0.05, 0) is 25.0 Å². The Morgan fingerprint density at radius 3 is 2.67 bits per heavy atom. The Morgan fingerprint density at radius 1 is 1.25 bits per heavy atom. The number of amides is 1. The Bertz CT molecular complexity index is 718. The van der Waals surface area contributed by atoms with Crippen LogP contribution in [0.1, 0.15) is 23.3 Å². The first kappa shape index (κ1) is 16.5. The molecule has 24 heavy (non-hydrogen) atoms. The maximum absolute atomic E-state index is 12.7. The van der Waals surface area contributed by atoms with E-state index in [-0.39, 0.29) is 12.2 Å². The zero-order chi connectivity index (χ0) is 16.5. The Labute approximate surface area is 153 Å². The third kappa shape index (κ3) is 3.36. The van der Waals surface area contributed by atoms with E-state index >= 15 is 0 Å². The number of likely N-dealkylation sites (tertiary alicyclic amines) is 1. The molecule has 2 fully saturated rings. The summed E-state index contributed by atoms with van der Waals surface area (Å²) in [6, 6.07) is 3.79. The molecule has 0 unspecified atom stereocenters. The monoisotopic (exact) mass is 384 g/mol. The average molecular weight is 385 g/mol. The lowest BCUT2D eigenvalue weighted by Gasteiger charge is -2.33. The zero-order valence-electron chi connectivity index (χ0n) is 12.9. The number of piperidine rings is 1. The van der Waals surface area contributed by atoms with Gasteiger partial charge in [0, 0.05) is 24.4 Å². The molecule has 128 valence electrons. The van der Waals surface area contributed by atoms with Crippen molar-refractivity contribution in [3.05, 3.63) is 27.5 Å². The molecule has 0 aliphatic carbocycles. The van der Waals surface area contributed by atoms with Gasteiger partial charge in [-0.1, -0.05) is 11.6 Å². The number of thiazole rings is 1. The first-order valence-electron chi connectivity index (χ1n) is 7.94. The van der Waals surface area contributed by atoms with Crippen molar-refractivity contribution in [3.8, 4) is 9.88 Å². The highest BCUT2D eigenvalue weighted by Gasteiger charge is 2.32. The molecule has 4 rings (SSSR count). The molecule has 0 saturated carbocycles. The van der Waals surface area contributed by atoms with E-state index in [9.17, 15) is 4.79 Å². The van der Waals surface area contributed by atoms with Gasteiger partial charge < -0.3 is 14.4 Å². The molecular weight excluding hydrogens is 368 g/mol. The molecule has 0 bridgehead atoms. The van der Waals surface area contributed by atoms with E-state index in [1.807, 2.05) is 22.4 Å². The summed E-state index contributed by atoms with van der Waals surface area (Å²) >= 11 is 8.93. The molecule has 0 radical (unpaired) electrons. The van der Waals surface area contributed by atoms with E-state index in [1.54, 1.807) is 0 Å². The summed E-state index contributed by atoms with van der Waals surface area (Å²) in [4.78, 5) is 20.0. The Kier molecular flexibility index (Phi) is 4.87. The second-order valence-corrected chi connectivity index (χ2v) is 8.45. The largest absolute Gasteiger partial charge is 0.350 e.